The van der Waals surface area contributed by atoms with Gasteiger partial charge in [-0.2, -0.15) is 5.10 Å². The van der Waals surface area contributed by atoms with Crippen LogP contribution >= 0.6 is 27.5 Å². The maximum atomic E-state index is 12.6. The monoisotopic (exact) mass is 342 g/mol. The predicted molar refractivity (Wildman–Crippen MR) is 77.0 cm³/mol. The van der Waals surface area contributed by atoms with Crippen molar-refractivity contribution in [1.29, 1.82) is 0 Å². The van der Waals surface area contributed by atoms with Crippen molar-refractivity contribution in [2.75, 3.05) is 7.11 Å². The van der Waals surface area contributed by atoms with E-state index in [1.165, 1.54) is 7.11 Å². The highest BCUT2D eigenvalue weighted by molar-refractivity contribution is 9.10. The number of halogens is 2. The van der Waals surface area contributed by atoms with E-state index in [4.69, 9.17) is 16.3 Å². The zero-order valence-electron chi connectivity index (χ0n) is 10.5. The SMILES string of the molecule is CCn1ncc(Br)c1C(=O)c1cc(Cl)ccc1OC. The molecular weight excluding hydrogens is 332 g/mol. The molecule has 0 spiro atoms. The summed E-state index contributed by atoms with van der Waals surface area (Å²) in [5.41, 5.74) is 0.911. The number of hydrogen-bond acceptors (Lipinski definition) is 3. The number of methoxy groups -OCH3 is 1. The largest absolute Gasteiger partial charge is 0.496 e. The maximum absolute atomic E-state index is 12.6. The first kappa shape index (κ1) is 14.1. The number of rotatable bonds is 4. The molecule has 0 bridgehead atoms. The molecule has 6 heteroatoms. The van der Waals surface area contributed by atoms with Gasteiger partial charge in [0.1, 0.15) is 11.4 Å². The molecule has 0 N–H and O–H groups in total. The van der Waals surface area contributed by atoms with Crippen molar-refractivity contribution in [3.63, 3.8) is 0 Å². The normalized spacial score (nSPS) is 10.5. The second kappa shape index (κ2) is 5.75. The molecule has 19 heavy (non-hydrogen) atoms. The zero-order chi connectivity index (χ0) is 14.0. The van der Waals surface area contributed by atoms with Crippen LogP contribution < -0.4 is 4.74 Å². The number of aryl methyl sites for hydroxylation is 1. The van der Waals surface area contributed by atoms with Crippen molar-refractivity contribution in [2.24, 2.45) is 0 Å². The Labute approximate surface area is 124 Å². The molecule has 1 aromatic heterocycles. The summed E-state index contributed by atoms with van der Waals surface area (Å²) in [5.74, 6) is 0.315. The number of ether oxygens (including phenoxy) is 1. The third kappa shape index (κ3) is 2.67. The van der Waals surface area contributed by atoms with Crippen molar-refractivity contribution >= 4 is 33.3 Å². The minimum Gasteiger partial charge on any atom is -0.496 e. The lowest BCUT2D eigenvalue weighted by Crippen LogP contribution is -2.12. The Morgan fingerprint density at radius 2 is 2.26 bits per heavy atom. The average Bonchev–Trinajstić information content (AvgIpc) is 2.79. The second-order valence-electron chi connectivity index (χ2n) is 3.83. The van der Waals surface area contributed by atoms with E-state index >= 15 is 0 Å². The molecule has 0 saturated heterocycles. The Bertz CT molecular complexity index is 625. The molecule has 0 atom stereocenters. The van der Waals surface area contributed by atoms with Crippen LogP contribution in [0.2, 0.25) is 5.02 Å². The Kier molecular flexibility index (Phi) is 4.27. The fraction of sp³-hybridized carbons (Fsp3) is 0.231. The van der Waals surface area contributed by atoms with Gasteiger partial charge in [0.2, 0.25) is 5.78 Å². The third-order valence-electron chi connectivity index (χ3n) is 2.72. The van der Waals surface area contributed by atoms with E-state index in [9.17, 15) is 4.79 Å². The average molecular weight is 344 g/mol. The molecule has 0 radical (unpaired) electrons. The maximum Gasteiger partial charge on any atom is 0.215 e. The molecular formula is C13H12BrClN2O2. The van der Waals surface area contributed by atoms with Crippen LogP contribution in [0.3, 0.4) is 0 Å². The van der Waals surface area contributed by atoms with Gasteiger partial charge in [-0.3, -0.25) is 9.48 Å². The van der Waals surface area contributed by atoms with Crippen LogP contribution in [0.25, 0.3) is 0 Å². The number of benzene rings is 1. The molecule has 4 nitrogen and oxygen atoms in total. The van der Waals surface area contributed by atoms with Gasteiger partial charge in [-0.15, -0.1) is 0 Å². The highest BCUT2D eigenvalue weighted by atomic mass is 79.9. The highest BCUT2D eigenvalue weighted by Crippen LogP contribution is 2.27. The lowest BCUT2D eigenvalue weighted by molar-refractivity contribution is 0.102. The molecule has 0 aliphatic rings. The number of nitrogens with zero attached hydrogens (tertiary/aromatic N) is 2. The van der Waals surface area contributed by atoms with Gasteiger partial charge in [0.05, 0.1) is 23.3 Å². The van der Waals surface area contributed by atoms with Crippen LogP contribution in [-0.2, 0) is 6.54 Å². The van der Waals surface area contributed by atoms with E-state index < -0.39 is 0 Å². The molecule has 2 rings (SSSR count). The predicted octanol–water partition coefficient (Wildman–Crippen LogP) is 3.56. The first-order valence-corrected chi connectivity index (χ1v) is 6.85. The Balaban J connectivity index is 2.55. The number of aromatic nitrogens is 2. The van der Waals surface area contributed by atoms with Crippen molar-refractivity contribution in [3.05, 3.63) is 45.1 Å². The van der Waals surface area contributed by atoms with E-state index in [1.54, 1.807) is 29.1 Å². The van der Waals surface area contributed by atoms with Gasteiger partial charge in [-0.05, 0) is 41.1 Å². The van der Waals surface area contributed by atoms with Gasteiger partial charge in [0.25, 0.3) is 0 Å². The number of ketones is 1. The standard InChI is InChI=1S/C13H12BrClN2O2/c1-3-17-12(10(14)7-16-17)13(18)9-6-8(15)4-5-11(9)19-2/h4-7H,3H2,1-2H3. The van der Waals surface area contributed by atoms with E-state index in [2.05, 4.69) is 21.0 Å². The van der Waals surface area contributed by atoms with Crippen LogP contribution in [0, 0.1) is 0 Å². The second-order valence-corrected chi connectivity index (χ2v) is 5.12. The molecule has 1 heterocycles. The Hall–Kier alpha value is -1.33. The van der Waals surface area contributed by atoms with Gasteiger partial charge >= 0.3 is 0 Å². The highest BCUT2D eigenvalue weighted by Gasteiger charge is 2.21. The van der Waals surface area contributed by atoms with Gasteiger partial charge < -0.3 is 4.74 Å². The molecule has 0 saturated carbocycles. The van der Waals surface area contributed by atoms with Gasteiger partial charge in [-0.25, -0.2) is 0 Å². The summed E-state index contributed by atoms with van der Waals surface area (Å²) < 4.78 is 7.49. The van der Waals surface area contributed by atoms with Crippen LogP contribution in [0.15, 0.2) is 28.9 Å². The first-order chi connectivity index (χ1) is 9.08. The van der Waals surface area contributed by atoms with E-state index in [0.717, 1.165) is 0 Å². The molecule has 2 aromatic rings. The van der Waals surface area contributed by atoms with Crippen LogP contribution in [0.1, 0.15) is 23.0 Å². The Morgan fingerprint density at radius 3 is 2.89 bits per heavy atom. The van der Waals surface area contributed by atoms with Crippen molar-refractivity contribution in [3.8, 4) is 5.75 Å². The molecule has 0 amide bonds. The fourth-order valence-corrected chi connectivity index (χ4v) is 2.46. The molecule has 0 fully saturated rings. The van der Waals surface area contributed by atoms with E-state index in [-0.39, 0.29) is 5.78 Å². The summed E-state index contributed by atoms with van der Waals surface area (Å²) in [4.78, 5) is 12.6. The van der Waals surface area contributed by atoms with E-state index in [1.807, 2.05) is 6.92 Å². The van der Waals surface area contributed by atoms with Crippen LogP contribution in [0.4, 0.5) is 0 Å². The summed E-state index contributed by atoms with van der Waals surface area (Å²) in [6, 6.07) is 4.96. The molecule has 0 unspecified atom stereocenters. The van der Waals surface area contributed by atoms with Gasteiger partial charge in [-0.1, -0.05) is 11.6 Å². The zero-order valence-corrected chi connectivity index (χ0v) is 12.8. The number of carbonyl (C=O) groups excluding carboxylic acids is 1. The third-order valence-corrected chi connectivity index (χ3v) is 3.53. The smallest absolute Gasteiger partial charge is 0.215 e. The number of hydrogen-bond donors (Lipinski definition) is 0. The minimum absolute atomic E-state index is 0.175. The summed E-state index contributed by atoms with van der Waals surface area (Å²) in [6.07, 6.45) is 1.60. The van der Waals surface area contributed by atoms with E-state index in [0.29, 0.717) is 33.0 Å². The van der Waals surface area contributed by atoms with Crippen molar-refractivity contribution in [1.82, 2.24) is 9.78 Å². The molecule has 0 aliphatic heterocycles. The first-order valence-electron chi connectivity index (χ1n) is 5.68. The minimum atomic E-state index is -0.175. The Morgan fingerprint density at radius 1 is 1.53 bits per heavy atom. The van der Waals surface area contributed by atoms with Crippen LogP contribution in [0.5, 0.6) is 5.75 Å². The lowest BCUT2D eigenvalue weighted by Gasteiger charge is -2.09. The van der Waals surface area contributed by atoms with Gasteiger partial charge in [0, 0.05) is 11.6 Å². The summed E-state index contributed by atoms with van der Waals surface area (Å²) in [5, 5.41) is 4.62. The quantitative estimate of drug-likeness (QED) is 0.797. The van der Waals surface area contributed by atoms with Crippen molar-refractivity contribution in [2.45, 2.75) is 13.5 Å². The van der Waals surface area contributed by atoms with Crippen LogP contribution in [-0.4, -0.2) is 22.7 Å². The fourth-order valence-electron chi connectivity index (χ4n) is 1.81. The lowest BCUT2D eigenvalue weighted by atomic mass is 10.1. The summed E-state index contributed by atoms with van der Waals surface area (Å²) in [6.45, 7) is 2.53. The molecule has 100 valence electrons. The topological polar surface area (TPSA) is 44.1 Å². The number of carbonyl (C=O) groups is 1. The molecule has 1 aromatic carbocycles. The van der Waals surface area contributed by atoms with Crippen molar-refractivity contribution < 1.29 is 9.53 Å². The molecule has 0 aliphatic carbocycles. The summed E-state index contributed by atoms with van der Waals surface area (Å²) >= 11 is 9.29. The summed E-state index contributed by atoms with van der Waals surface area (Å²) in [7, 11) is 1.52. The van der Waals surface area contributed by atoms with Gasteiger partial charge in [0.15, 0.2) is 0 Å².